The number of carbonyl (C=O) groups excluding carboxylic acids is 3. The van der Waals surface area contributed by atoms with Gasteiger partial charge < -0.3 is 14.8 Å². The third-order valence-corrected chi connectivity index (χ3v) is 7.42. The van der Waals surface area contributed by atoms with Gasteiger partial charge in [0.15, 0.2) is 11.5 Å². The van der Waals surface area contributed by atoms with Crippen LogP contribution in [0.5, 0.6) is 11.5 Å². The molecule has 33 heavy (non-hydrogen) atoms. The third-order valence-electron chi connectivity index (χ3n) is 4.89. The van der Waals surface area contributed by atoms with E-state index in [1.54, 1.807) is 35.6 Å². The first-order valence-corrected chi connectivity index (χ1v) is 12.6. The molecule has 2 aliphatic heterocycles. The van der Waals surface area contributed by atoms with Gasteiger partial charge in [-0.25, -0.2) is 4.98 Å². The van der Waals surface area contributed by atoms with E-state index in [0.29, 0.717) is 22.1 Å². The van der Waals surface area contributed by atoms with E-state index in [-0.39, 0.29) is 43.4 Å². The van der Waals surface area contributed by atoms with Gasteiger partial charge in [-0.3, -0.25) is 19.3 Å². The summed E-state index contributed by atoms with van der Waals surface area (Å²) in [7, 11) is 0. The summed E-state index contributed by atoms with van der Waals surface area (Å²) in [4.78, 5) is 43.2. The van der Waals surface area contributed by atoms with E-state index in [0.717, 1.165) is 32.8 Å². The van der Waals surface area contributed by atoms with Gasteiger partial charge in [-0.15, -0.1) is 11.3 Å². The molecule has 1 aromatic carbocycles. The number of ether oxygens (including phenoxy) is 2. The highest BCUT2D eigenvalue weighted by atomic mass is 32.2. The number of rotatable bonds is 7. The molecule has 2 aromatic heterocycles. The van der Waals surface area contributed by atoms with Crippen molar-refractivity contribution in [2.24, 2.45) is 0 Å². The minimum Gasteiger partial charge on any atom is -0.454 e. The molecule has 0 atom stereocenters. The molecule has 0 unspecified atom stereocenters. The van der Waals surface area contributed by atoms with Gasteiger partial charge in [-0.1, -0.05) is 6.07 Å². The predicted octanol–water partition coefficient (Wildman–Crippen LogP) is 4.00. The maximum absolute atomic E-state index is 12.7. The molecule has 3 aromatic rings. The van der Waals surface area contributed by atoms with Gasteiger partial charge in [0.2, 0.25) is 12.7 Å². The van der Waals surface area contributed by atoms with Crippen molar-refractivity contribution < 1.29 is 23.9 Å². The molecule has 0 aliphatic carbocycles. The molecule has 168 valence electrons. The van der Waals surface area contributed by atoms with Crippen LogP contribution in [-0.4, -0.2) is 46.8 Å². The highest BCUT2D eigenvalue weighted by Crippen LogP contribution is 2.36. The number of amides is 3. The Labute approximate surface area is 201 Å². The van der Waals surface area contributed by atoms with Crippen LogP contribution in [0.4, 0.5) is 4.79 Å². The van der Waals surface area contributed by atoms with E-state index in [1.165, 1.54) is 11.3 Å². The summed E-state index contributed by atoms with van der Waals surface area (Å²) in [6.45, 7) is 0.445. The van der Waals surface area contributed by atoms with Crippen molar-refractivity contribution in [3.8, 4) is 22.1 Å². The number of aromatic nitrogens is 1. The lowest BCUT2D eigenvalue weighted by Crippen LogP contribution is -2.37. The van der Waals surface area contributed by atoms with E-state index in [2.05, 4.69) is 10.3 Å². The number of hydrogen-bond acceptors (Lipinski definition) is 9. The van der Waals surface area contributed by atoms with Crippen LogP contribution in [0.25, 0.3) is 16.6 Å². The molecule has 0 saturated carbocycles. The molecule has 11 heteroatoms. The van der Waals surface area contributed by atoms with Gasteiger partial charge in [0.05, 0.1) is 17.0 Å². The van der Waals surface area contributed by atoms with Crippen molar-refractivity contribution in [3.63, 3.8) is 0 Å². The Bertz CT molecular complexity index is 1250. The zero-order valence-electron chi connectivity index (χ0n) is 17.1. The Morgan fingerprint density at radius 1 is 1.18 bits per heavy atom. The lowest BCUT2D eigenvalue weighted by molar-refractivity contribution is -0.124. The van der Waals surface area contributed by atoms with E-state index < -0.39 is 0 Å². The highest BCUT2D eigenvalue weighted by molar-refractivity contribution is 8.18. The number of hydrogen-bond donors (Lipinski definition) is 1. The zero-order valence-corrected chi connectivity index (χ0v) is 19.6. The lowest BCUT2D eigenvalue weighted by atomic mass is 10.2. The van der Waals surface area contributed by atoms with Gasteiger partial charge in [-0.2, -0.15) is 11.3 Å². The molecule has 0 radical (unpaired) electrons. The number of thioether (sulfide) groups is 1. The SMILES string of the molecule is O=C(Cc1csc(-c2ccsc2)n1)NCCN1C(=O)S/C(=C\c2ccc3c(c2)OCO3)C1=O. The van der Waals surface area contributed by atoms with Gasteiger partial charge in [0, 0.05) is 29.4 Å². The van der Waals surface area contributed by atoms with Crippen LogP contribution in [0.1, 0.15) is 11.3 Å². The van der Waals surface area contributed by atoms with Crippen LogP contribution in [-0.2, 0) is 16.0 Å². The third kappa shape index (κ3) is 4.80. The highest BCUT2D eigenvalue weighted by Gasteiger charge is 2.34. The second-order valence-electron chi connectivity index (χ2n) is 7.13. The van der Waals surface area contributed by atoms with E-state index in [4.69, 9.17) is 9.47 Å². The molecule has 1 saturated heterocycles. The lowest BCUT2D eigenvalue weighted by Gasteiger charge is -2.12. The number of carbonyl (C=O) groups is 3. The molecule has 2 aliphatic rings. The maximum Gasteiger partial charge on any atom is 0.293 e. The van der Waals surface area contributed by atoms with Gasteiger partial charge in [0.25, 0.3) is 11.1 Å². The van der Waals surface area contributed by atoms with Crippen LogP contribution < -0.4 is 14.8 Å². The monoisotopic (exact) mass is 499 g/mol. The van der Waals surface area contributed by atoms with Crippen LogP contribution in [0.2, 0.25) is 0 Å². The first-order valence-electron chi connectivity index (χ1n) is 9.95. The van der Waals surface area contributed by atoms with Crippen molar-refractivity contribution >= 4 is 57.6 Å². The first kappa shape index (κ1) is 21.7. The van der Waals surface area contributed by atoms with Crippen LogP contribution in [0.15, 0.2) is 45.3 Å². The Hall–Kier alpha value is -3.15. The number of imide groups is 1. The Kier molecular flexibility index (Phi) is 6.16. The standard InChI is InChI=1S/C22H17N3O5S3/c26-19(9-15-11-32-20(24-15)14-3-6-31-10-14)23-4-5-25-21(27)18(33-22(25)28)8-13-1-2-16-17(7-13)30-12-29-16/h1-3,6-8,10-11H,4-5,9,12H2,(H,23,26)/b18-8-. The van der Waals surface area contributed by atoms with Crippen molar-refractivity contribution in [2.45, 2.75) is 6.42 Å². The number of fused-ring (bicyclic) bond motifs is 1. The molecule has 1 N–H and O–H groups in total. The average molecular weight is 500 g/mol. The van der Waals surface area contributed by atoms with Crippen molar-refractivity contribution in [1.82, 2.24) is 15.2 Å². The van der Waals surface area contributed by atoms with Crippen molar-refractivity contribution in [1.29, 1.82) is 0 Å². The van der Waals surface area contributed by atoms with Gasteiger partial charge in [-0.05, 0) is 47.0 Å². The number of nitrogens with zero attached hydrogens (tertiary/aromatic N) is 2. The first-order chi connectivity index (χ1) is 16.1. The molecule has 1 fully saturated rings. The normalized spacial score (nSPS) is 16.1. The number of benzene rings is 1. The molecule has 3 amide bonds. The maximum atomic E-state index is 12.7. The van der Waals surface area contributed by atoms with E-state index in [9.17, 15) is 14.4 Å². The van der Waals surface area contributed by atoms with Gasteiger partial charge >= 0.3 is 0 Å². The minimum absolute atomic E-state index is 0.103. The molecule has 0 bridgehead atoms. The van der Waals surface area contributed by atoms with Crippen LogP contribution in [0.3, 0.4) is 0 Å². The summed E-state index contributed by atoms with van der Waals surface area (Å²) in [5.74, 6) is 0.668. The topological polar surface area (TPSA) is 97.8 Å². The summed E-state index contributed by atoms with van der Waals surface area (Å²) in [6, 6.07) is 7.31. The number of thiazole rings is 1. The van der Waals surface area contributed by atoms with E-state index >= 15 is 0 Å². The van der Waals surface area contributed by atoms with Crippen LogP contribution in [0, 0.1) is 0 Å². The Morgan fingerprint density at radius 2 is 2.06 bits per heavy atom. The zero-order chi connectivity index (χ0) is 22.8. The molecule has 8 nitrogen and oxygen atoms in total. The number of thiophene rings is 1. The smallest absolute Gasteiger partial charge is 0.293 e. The van der Waals surface area contributed by atoms with Crippen molar-refractivity contribution in [2.75, 3.05) is 19.9 Å². The summed E-state index contributed by atoms with van der Waals surface area (Å²) >= 11 is 3.97. The molecular formula is C22H17N3O5S3. The van der Waals surface area contributed by atoms with Crippen molar-refractivity contribution in [3.05, 3.63) is 56.6 Å². The summed E-state index contributed by atoms with van der Waals surface area (Å²) < 4.78 is 10.6. The van der Waals surface area contributed by atoms with Gasteiger partial charge in [0.1, 0.15) is 5.01 Å². The second kappa shape index (κ2) is 9.38. The van der Waals surface area contributed by atoms with E-state index in [1.807, 2.05) is 22.2 Å². The molecule has 0 spiro atoms. The summed E-state index contributed by atoms with van der Waals surface area (Å²) in [5, 5.41) is 9.14. The second-order valence-corrected chi connectivity index (χ2v) is 9.76. The fourth-order valence-corrected chi connectivity index (χ4v) is 5.68. The van der Waals surface area contributed by atoms with Crippen LogP contribution >= 0.6 is 34.4 Å². The summed E-state index contributed by atoms with van der Waals surface area (Å²) in [6.07, 6.45) is 1.80. The average Bonchev–Trinajstić information content (AvgIpc) is 3.59. The minimum atomic E-state index is -0.378. The largest absolute Gasteiger partial charge is 0.454 e. The quantitative estimate of drug-likeness (QED) is 0.491. The molecular weight excluding hydrogens is 482 g/mol. The fraction of sp³-hybridized carbons (Fsp3) is 0.182. The Balaban J connectivity index is 1.14. The Morgan fingerprint density at radius 3 is 2.91 bits per heavy atom. The predicted molar refractivity (Wildman–Crippen MR) is 127 cm³/mol. The summed E-state index contributed by atoms with van der Waals surface area (Å²) in [5.41, 5.74) is 2.48. The number of nitrogens with one attached hydrogen (secondary N) is 1. The molecule has 4 heterocycles. The molecule has 5 rings (SSSR count). The fourth-order valence-electron chi connectivity index (χ4n) is 3.29.